The standard InChI is InChI=1S/C16H23N5/c1-3-8-18-13-6-5-7-14-12(13)9-19-16(20-14)15-10-17-11-21(15)4-2/h9-11,13,18H,3-8H2,1-2H3. The van der Waals surface area contributed by atoms with Gasteiger partial charge in [-0.1, -0.05) is 6.92 Å². The molecule has 0 radical (unpaired) electrons. The summed E-state index contributed by atoms with van der Waals surface area (Å²) in [5.74, 6) is 0.796. The van der Waals surface area contributed by atoms with Gasteiger partial charge >= 0.3 is 0 Å². The van der Waals surface area contributed by atoms with Gasteiger partial charge in [-0.2, -0.15) is 0 Å². The highest BCUT2D eigenvalue weighted by atomic mass is 15.1. The summed E-state index contributed by atoms with van der Waals surface area (Å²) >= 11 is 0. The SMILES string of the molecule is CCCNC1CCCc2nc(-c3cncn3CC)ncc21. The Hall–Kier alpha value is -1.75. The molecule has 0 saturated carbocycles. The van der Waals surface area contributed by atoms with Crippen molar-refractivity contribution in [1.29, 1.82) is 0 Å². The van der Waals surface area contributed by atoms with Crippen LogP contribution in [0.1, 0.15) is 50.4 Å². The van der Waals surface area contributed by atoms with Crippen molar-refractivity contribution in [2.75, 3.05) is 6.54 Å². The van der Waals surface area contributed by atoms with Crippen LogP contribution in [-0.4, -0.2) is 26.1 Å². The van der Waals surface area contributed by atoms with Gasteiger partial charge in [0.1, 0.15) is 5.69 Å². The Morgan fingerprint density at radius 2 is 2.24 bits per heavy atom. The third kappa shape index (κ3) is 2.83. The van der Waals surface area contributed by atoms with E-state index in [1.165, 1.54) is 24.1 Å². The lowest BCUT2D eigenvalue weighted by Crippen LogP contribution is -2.26. The number of aromatic nitrogens is 4. The molecule has 1 unspecified atom stereocenters. The molecule has 5 heteroatoms. The van der Waals surface area contributed by atoms with Crippen LogP contribution >= 0.6 is 0 Å². The summed E-state index contributed by atoms with van der Waals surface area (Å²) in [6.07, 6.45) is 10.3. The first-order valence-corrected chi connectivity index (χ1v) is 7.93. The van der Waals surface area contributed by atoms with E-state index in [0.717, 1.165) is 37.4 Å². The van der Waals surface area contributed by atoms with Crippen LogP contribution in [-0.2, 0) is 13.0 Å². The second-order valence-electron chi connectivity index (χ2n) is 5.56. The molecule has 0 aliphatic heterocycles. The highest BCUT2D eigenvalue weighted by molar-refractivity contribution is 5.49. The van der Waals surface area contributed by atoms with Crippen molar-refractivity contribution in [1.82, 2.24) is 24.8 Å². The van der Waals surface area contributed by atoms with Crippen molar-refractivity contribution in [3.63, 3.8) is 0 Å². The molecule has 21 heavy (non-hydrogen) atoms. The second-order valence-corrected chi connectivity index (χ2v) is 5.56. The molecular weight excluding hydrogens is 262 g/mol. The van der Waals surface area contributed by atoms with E-state index >= 15 is 0 Å². The van der Waals surface area contributed by atoms with Gasteiger partial charge < -0.3 is 9.88 Å². The Labute approximate surface area is 125 Å². The topological polar surface area (TPSA) is 55.6 Å². The van der Waals surface area contributed by atoms with Gasteiger partial charge in [-0.05, 0) is 39.2 Å². The summed E-state index contributed by atoms with van der Waals surface area (Å²) < 4.78 is 2.08. The van der Waals surface area contributed by atoms with Crippen LogP contribution in [0.25, 0.3) is 11.5 Å². The molecule has 0 amide bonds. The fourth-order valence-corrected chi connectivity index (χ4v) is 2.96. The molecule has 1 aliphatic rings. The molecule has 0 spiro atoms. The quantitative estimate of drug-likeness (QED) is 0.917. The molecule has 2 aromatic heterocycles. The normalized spacial score (nSPS) is 17.7. The van der Waals surface area contributed by atoms with E-state index in [0.29, 0.717) is 6.04 Å². The number of nitrogens with one attached hydrogen (secondary N) is 1. The number of nitrogens with zero attached hydrogens (tertiary/aromatic N) is 4. The number of hydrogen-bond donors (Lipinski definition) is 1. The van der Waals surface area contributed by atoms with Crippen molar-refractivity contribution >= 4 is 0 Å². The Bertz CT molecular complexity index is 604. The molecule has 1 aliphatic carbocycles. The van der Waals surface area contributed by atoms with E-state index in [2.05, 4.69) is 33.7 Å². The van der Waals surface area contributed by atoms with E-state index in [1.54, 1.807) is 0 Å². The van der Waals surface area contributed by atoms with Crippen LogP contribution in [0, 0.1) is 0 Å². The largest absolute Gasteiger partial charge is 0.328 e. The van der Waals surface area contributed by atoms with Gasteiger partial charge in [-0.3, -0.25) is 0 Å². The Kier molecular flexibility index (Phi) is 4.29. The van der Waals surface area contributed by atoms with Crippen molar-refractivity contribution in [2.45, 2.75) is 52.1 Å². The Morgan fingerprint density at radius 3 is 3.05 bits per heavy atom. The fraction of sp³-hybridized carbons (Fsp3) is 0.562. The average Bonchev–Trinajstić information content (AvgIpc) is 3.00. The van der Waals surface area contributed by atoms with Crippen molar-refractivity contribution in [3.05, 3.63) is 30.0 Å². The number of rotatable bonds is 5. The third-order valence-corrected chi connectivity index (χ3v) is 4.10. The lowest BCUT2D eigenvalue weighted by atomic mass is 9.92. The average molecular weight is 285 g/mol. The van der Waals surface area contributed by atoms with Gasteiger partial charge in [0.05, 0.1) is 12.5 Å². The molecule has 5 nitrogen and oxygen atoms in total. The molecule has 0 fully saturated rings. The second kappa shape index (κ2) is 6.35. The van der Waals surface area contributed by atoms with Crippen LogP contribution < -0.4 is 5.32 Å². The first-order valence-electron chi connectivity index (χ1n) is 7.93. The Balaban J connectivity index is 1.91. The summed E-state index contributed by atoms with van der Waals surface area (Å²) in [4.78, 5) is 13.6. The van der Waals surface area contributed by atoms with E-state index in [1.807, 2.05) is 18.7 Å². The molecule has 0 saturated heterocycles. The Morgan fingerprint density at radius 1 is 1.33 bits per heavy atom. The number of fused-ring (bicyclic) bond motifs is 1. The summed E-state index contributed by atoms with van der Waals surface area (Å²) in [6, 6.07) is 0.416. The van der Waals surface area contributed by atoms with E-state index < -0.39 is 0 Å². The van der Waals surface area contributed by atoms with E-state index in [-0.39, 0.29) is 0 Å². The maximum atomic E-state index is 4.81. The number of imidazole rings is 1. The lowest BCUT2D eigenvalue weighted by molar-refractivity contribution is 0.453. The van der Waals surface area contributed by atoms with Gasteiger partial charge in [-0.15, -0.1) is 0 Å². The maximum Gasteiger partial charge on any atom is 0.178 e. The zero-order chi connectivity index (χ0) is 14.7. The minimum Gasteiger partial charge on any atom is -0.328 e. The summed E-state index contributed by atoms with van der Waals surface area (Å²) in [5.41, 5.74) is 3.48. The predicted molar refractivity (Wildman–Crippen MR) is 82.9 cm³/mol. The van der Waals surface area contributed by atoms with Gasteiger partial charge in [0.25, 0.3) is 0 Å². The van der Waals surface area contributed by atoms with Crippen LogP contribution in [0.3, 0.4) is 0 Å². The summed E-state index contributed by atoms with van der Waals surface area (Å²) in [6.45, 7) is 6.24. The molecule has 2 heterocycles. The maximum absolute atomic E-state index is 4.81. The van der Waals surface area contributed by atoms with Crippen LogP contribution in [0.4, 0.5) is 0 Å². The molecule has 3 rings (SSSR count). The predicted octanol–water partition coefficient (Wildman–Crippen LogP) is 2.74. The van der Waals surface area contributed by atoms with Gasteiger partial charge in [0, 0.05) is 30.0 Å². The van der Waals surface area contributed by atoms with Crippen LogP contribution in [0.15, 0.2) is 18.7 Å². The van der Waals surface area contributed by atoms with E-state index in [4.69, 9.17) is 4.98 Å². The smallest absolute Gasteiger partial charge is 0.178 e. The van der Waals surface area contributed by atoms with Crippen molar-refractivity contribution < 1.29 is 0 Å². The van der Waals surface area contributed by atoms with Gasteiger partial charge in [0.2, 0.25) is 0 Å². The molecule has 112 valence electrons. The van der Waals surface area contributed by atoms with E-state index in [9.17, 15) is 0 Å². The van der Waals surface area contributed by atoms with Crippen molar-refractivity contribution in [2.24, 2.45) is 0 Å². The molecular formula is C16H23N5. The van der Waals surface area contributed by atoms with Crippen LogP contribution in [0.5, 0.6) is 0 Å². The third-order valence-electron chi connectivity index (χ3n) is 4.10. The monoisotopic (exact) mass is 285 g/mol. The summed E-state index contributed by atoms with van der Waals surface area (Å²) in [5, 5.41) is 3.61. The van der Waals surface area contributed by atoms with Crippen LogP contribution in [0.2, 0.25) is 0 Å². The molecule has 0 bridgehead atoms. The zero-order valence-corrected chi connectivity index (χ0v) is 12.8. The number of aryl methyl sites for hydroxylation is 2. The zero-order valence-electron chi connectivity index (χ0n) is 12.8. The van der Waals surface area contributed by atoms with Gasteiger partial charge in [-0.25, -0.2) is 15.0 Å². The fourth-order valence-electron chi connectivity index (χ4n) is 2.96. The molecule has 1 atom stereocenters. The molecule has 2 aromatic rings. The summed E-state index contributed by atoms with van der Waals surface area (Å²) in [7, 11) is 0. The molecule has 0 aromatic carbocycles. The first-order chi connectivity index (χ1) is 10.3. The molecule has 1 N–H and O–H groups in total. The highest BCUT2D eigenvalue weighted by Crippen LogP contribution is 2.29. The minimum atomic E-state index is 0.416. The number of hydrogen-bond acceptors (Lipinski definition) is 4. The van der Waals surface area contributed by atoms with Gasteiger partial charge in [0.15, 0.2) is 5.82 Å². The lowest BCUT2D eigenvalue weighted by Gasteiger charge is -2.25. The first kappa shape index (κ1) is 14.2. The highest BCUT2D eigenvalue weighted by Gasteiger charge is 2.22. The minimum absolute atomic E-state index is 0.416. The van der Waals surface area contributed by atoms with Crippen molar-refractivity contribution in [3.8, 4) is 11.5 Å².